The Hall–Kier alpha value is -3.29. The van der Waals surface area contributed by atoms with Crippen LogP contribution in [0.4, 0.5) is 13.2 Å². The standard InChI is InChI=1S/C29H27F3O8S/c1-27(2)38-24-23(37-26(33)25(24)39-27)22(40-41(34,35)29(30,31)32)18-36-28(19-12-6-3-7-13-19,20-14-8-4-9-15-20)21-16-10-5-11-17-21/h3-17,22-25H,18H2,1-2H3/t22-,23+,24-,25-/m0/s1. The number of carbonyl (C=O) groups excluding carboxylic acids is 1. The molecule has 3 aromatic carbocycles. The summed E-state index contributed by atoms with van der Waals surface area (Å²) in [6, 6.07) is 26.7. The Balaban J connectivity index is 1.60. The maximum Gasteiger partial charge on any atom is 0.523 e. The number of esters is 1. The van der Waals surface area contributed by atoms with Crippen molar-refractivity contribution in [2.45, 2.75) is 55.2 Å². The summed E-state index contributed by atoms with van der Waals surface area (Å²) in [5.41, 5.74) is -5.34. The van der Waals surface area contributed by atoms with E-state index in [4.69, 9.17) is 23.1 Å². The molecule has 2 fully saturated rings. The molecule has 2 saturated heterocycles. The minimum atomic E-state index is -6.14. The number of hydrogen-bond donors (Lipinski definition) is 0. The van der Waals surface area contributed by atoms with Crippen molar-refractivity contribution in [3.8, 4) is 0 Å². The Kier molecular flexibility index (Phi) is 7.72. The summed E-state index contributed by atoms with van der Waals surface area (Å²) >= 11 is 0. The second-order valence-electron chi connectivity index (χ2n) is 10.0. The molecular weight excluding hydrogens is 565 g/mol. The Bertz CT molecular complexity index is 1370. The molecule has 2 heterocycles. The zero-order chi connectivity index (χ0) is 29.5. The molecule has 8 nitrogen and oxygen atoms in total. The van der Waals surface area contributed by atoms with Crippen LogP contribution < -0.4 is 0 Å². The summed E-state index contributed by atoms with van der Waals surface area (Å²) in [4.78, 5) is 12.6. The molecule has 0 bridgehead atoms. The number of hydrogen-bond acceptors (Lipinski definition) is 8. The third kappa shape index (κ3) is 5.62. The maximum absolute atomic E-state index is 13.5. The highest BCUT2D eigenvalue weighted by Crippen LogP contribution is 2.43. The van der Waals surface area contributed by atoms with Crippen molar-refractivity contribution in [3.05, 3.63) is 108 Å². The molecule has 0 unspecified atom stereocenters. The first-order chi connectivity index (χ1) is 19.3. The molecular formula is C29H27F3O8S. The Morgan fingerprint density at radius 2 is 1.29 bits per heavy atom. The second-order valence-corrected chi connectivity index (χ2v) is 11.6. The quantitative estimate of drug-likeness (QED) is 0.153. The lowest BCUT2D eigenvalue weighted by molar-refractivity contribution is -0.196. The van der Waals surface area contributed by atoms with Gasteiger partial charge in [-0.3, -0.25) is 4.18 Å². The van der Waals surface area contributed by atoms with Crippen LogP contribution in [0.15, 0.2) is 91.0 Å². The SMILES string of the molecule is CC1(C)O[C@H]2[C@@H]([C@H](COC(c3ccccc3)(c3ccccc3)c3ccccc3)OS(=O)(=O)C(F)(F)F)OC(=O)[C@H]2O1. The van der Waals surface area contributed by atoms with Crippen molar-refractivity contribution < 1.29 is 49.5 Å². The molecule has 41 heavy (non-hydrogen) atoms. The monoisotopic (exact) mass is 592 g/mol. The summed E-state index contributed by atoms with van der Waals surface area (Å²) < 4.78 is 92.8. The van der Waals surface area contributed by atoms with Gasteiger partial charge >= 0.3 is 21.6 Å². The van der Waals surface area contributed by atoms with Gasteiger partial charge in [0.25, 0.3) is 0 Å². The fourth-order valence-electron chi connectivity index (χ4n) is 5.14. The number of rotatable bonds is 9. The van der Waals surface area contributed by atoms with Gasteiger partial charge in [0.2, 0.25) is 0 Å². The number of fused-ring (bicyclic) bond motifs is 1. The topological polar surface area (TPSA) is 97.4 Å². The summed E-state index contributed by atoms with van der Waals surface area (Å²) in [5, 5.41) is 0. The first kappa shape index (κ1) is 29.2. The molecule has 12 heteroatoms. The smallest absolute Gasteiger partial charge is 0.455 e. The van der Waals surface area contributed by atoms with Gasteiger partial charge in [0.1, 0.15) is 17.8 Å². The van der Waals surface area contributed by atoms with Gasteiger partial charge in [0.15, 0.2) is 18.0 Å². The number of halogens is 3. The number of ether oxygens (including phenoxy) is 4. The van der Waals surface area contributed by atoms with Gasteiger partial charge in [-0.15, -0.1) is 0 Å². The minimum absolute atomic E-state index is 0.609. The average molecular weight is 593 g/mol. The van der Waals surface area contributed by atoms with E-state index < -0.39 is 64.0 Å². The molecule has 3 aromatic rings. The van der Waals surface area contributed by atoms with Crippen LogP contribution in [0.1, 0.15) is 30.5 Å². The van der Waals surface area contributed by atoms with Crippen LogP contribution in [0.25, 0.3) is 0 Å². The van der Waals surface area contributed by atoms with Crippen molar-refractivity contribution in [1.82, 2.24) is 0 Å². The van der Waals surface area contributed by atoms with Crippen molar-refractivity contribution in [2.24, 2.45) is 0 Å². The van der Waals surface area contributed by atoms with Gasteiger partial charge in [-0.05, 0) is 30.5 Å². The van der Waals surface area contributed by atoms with Gasteiger partial charge in [0, 0.05) is 0 Å². The third-order valence-electron chi connectivity index (χ3n) is 6.84. The molecule has 2 aliphatic heterocycles. The van der Waals surface area contributed by atoms with E-state index in [9.17, 15) is 26.4 Å². The predicted molar refractivity (Wildman–Crippen MR) is 139 cm³/mol. The predicted octanol–water partition coefficient (Wildman–Crippen LogP) is 4.68. The van der Waals surface area contributed by atoms with Crippen LogP contribution in [0.3, 0.4) is 0 Å². The highest BCUT2D eigenvalue weighted by atomic mass is 32.2. The zero-order valence-corrected chi connectivity index (χ0v) is 22.8. The van der Waals surface area contributed by atoms with E-state index in [-0.39, 0.29) is 0 Å². The number of benzene rings is 3. The summed E-state index contributed by atoms with van der Waals surface area (Å²) in [7, 11) is -6.14. The molecule has 0 saturated carbocycles. The fourth-order valence-corrected chi connectivity index (χ4v) is 5.74. The molecule has 0 N–H and O–H groups in total. The van der Waals surface area contributed by atoms with Crippen LogP contribution in [0, 0.1) is 0 Å². The molecule has 4 atom stereocenters. The number of carbonyl (C=O) groups is 1. The Labute approximate surface area is 235 Å². The van der Waals surface area contributed by atoms with Crippen LogP contribution in [-0.2, 0) is 43.6 Å². The average Bonchev–Trinajstić information content (AvgIpc) is 3.42. The summed E-state index contributed by atoms with van der Waals surface area (Å²) in [6.07, 6.45) is -6.06. The van der Waals surface area contributed by atoms with Crippen molar-refractivity contribution in [2.75, 3.05) is 6.61 Å². The van der Waals surface area contributed by atoms with Gasteiger partial charge in [-0.1, -0.05) is 91.0 Å². The van der Waals surface area contributed by atoms with Crippen molar-refractivity contribution >= 4 is 16.1 Å². The molecule has 0 spiro atoms. The van der Waals surface area contributed by atoms with Crippen molar-refractivity contribution in [3.63, 3.8) is 0 Å². The van der Waals surface area contributed by atoms with E-state index in [1.807, 2.05) is 0 Å². The first-order valence-corrected chi connectivity index (χ1v) is 14.1. The highest BCUT2D eigenvalue weighted by Gasteiger charge is 2.60. The molecule has 2 aliphatic rings. The fraction of sp³-hybridized carbons (Fsp3) is 0.345. The van der Waals surface area contributed by atoms with E-state index in [0.29, 0.717) is 16.7 Å². The number of cyclic esters (lactones) is 1. The molecule has 218 valence electrons. The summed E-state index contributed by atoms with van der Waals surface area (Å²) in [5.74, 6) is -2.19. The molecule has 0 radical (unpaired) electrons. The first-order valence-electron chi connectivity index (χ1n) is 12.7. The second kappa shape index (κ2) is 10.8. The summed E-state index contributed by atoms with van der Waals surface area (Å²) in [6.45, 7) is 2.28. The largest absolute Gasteiger partial charge is 0.523 e. The van der Waals surface area contributed by atoms with Gasteiger partial charge in [0.05, 0.1) is 6.61 Å². The van der Waals surface area contributed by atoms with Crippen LogP contribution in [0.2, 0.25) is 0 Å². The van der Waals surface area contributed by atoms with Crippen molar-refractivity contribution in [1.29, 1.82) is 0 Å². The zero-order valence-electron chi connectivity index (χ0n) is 22.0. The highest BCUT2D eigenvalue weighted by molar-refractivity contribution is 7.87. The van der Waals surface area contributed by atoms with Crippen LogP contribution in [-0.4, -0.2) is 56.7 Å². The third-order valence-corrected chi connectivity index (χ3v) is 7.91. The Morgan fingerprint density at radius 1 is 0.829 bits per heavy atom. The van der Waals surface area contributed by atoms with E-state index >= 15 is 0 Å². The van der Waals surface area contributed by atoms with E-state index in [2.05, 4.69) is 0 Å². The van der Waals surface area contributed by atoms with E-state index in [1.165, 1.54) is 13.8 Å². The van der Waals surface area contributed by atoms with Crippen LogP contribution >= 0.6 is 0 Å². The minimum Gasteiger partial charge on any atom is -0.455 e. The lowest BCUT2D eigenvalue weighted by atomic mass is 9.80. The molecule has 0 aliphatic carbocycles. The molecule has 0 amide bonds. The lowest BCUT2D eigenvalue weighted by Gasteiger charge is -2.37. The van der Waals surface area contributed by atoms with E-state index in [1.54, 1.807) is 91.0 Å². The normalized spacial score (nSPS) is 23.1. The molecule has 5 rings (SSSR count). The van der Waals surface area contributed by atoms with Gasteiger partial charge < -0.3 is 18.9 Å². The Morgan fingerprint density at radius 3 is 1.73 bits per heavy atom. The maximum atomic E-state index is 13.5. The van der Waals surface area contributed by atoms with Gasteiger partial charge in [-0.25, -0.2) is 4.79 Å². The lowest BCUT2D eigenvalue weighted by Crippen LogP contribution is -2.47. The van der Waals surface area contributed by atoms with E-state index in [0.717, 1.165) is 0 Å². The molecule has 0 aromatic heterocycles. The van der Waals surface area contributed by atoms with Crippen LogP contribution in [0.5, 0.6) is 0 Å². The number of alkyl halides is 3. The van der Waals surface area contributed by atoms with Gasteiger partial charge in [-0.2, -0.15) is 21.6 Å².